The van der Waals surface area contributed by atoms with Crippen LogP contribution in [0.2, 0.25) is 0 Å². The summed E-state index contributed by atoms with van der Waals surface area (Å²) >= 11 is 0. The highest BCUT2D eigenvalue weighted by atomic mass is 16.5. The van der Waals surface area contributed by atoms with Crippen molar-refractivity contribution in [2.45, 2.75) is 20.0 Å². The molecular formula is C12H14N4O2. The number of aliphatic hydroxyl groups excluding tert-OH is 1. The minimum atomic E-state index is -0.582. The average molecular weight is 246 g/mol. The van der Waals surface area contributed by atoms with Gasteiger partial charge in [-0.25, -0.2) is 9.97 Å². The highest BCUT2D eigenvalue weighted by Crippen LogP contribution is 2.18. The van der Waals surface area contributed by atoms with Gasteiger partial charge in [-0.2, -0.15) is 0 Å². The first-order valence-corrected chi connectivity index (χ1v) is 5.51. The summed E-state index contributed by atoms with van der Waals surface area (Å²) in [6.07, 6.45) is 1.02. The van der Waals surface area contributed by atoms with Crippen molar-refractivity contribution in [1.29, 1.82) is 0 Å². The van der Waals surface area contributed by atoms with Gasteiger partial charge in [0.25, 0.3) is 0 Å². The molecule has 94 valence electrons. The summed E-state index contributed by atoms with van der Waals surface area (Å²) < 4.78 is 4.93. The SMILES string of the molecule is COc1ccc(-c2ncc(C(C)O)c(C)n2)nn1. The molecule has 2 rings (SSSR count). The Kier molecular flexibility index (Phi) is 3.47. The fourth-order valence-electron chi connectivity index (χ4n) is 1.56. The molecule has 2 aromatic rings. The maximum absolute atomic E-state index is 9.51. The fourth-order valence-corrected chi connectivity index (χ4v) is 1.56. The van der Waals surface area contributed by atoms with Crippen LogP contribution in [0.25, 0.3) is 11.5 Å². The van der Waals surface area contributed by atoms with Gasteiger partial charge in [0.15, 0.2) is 5.82 Å². The van der Waals surface area contributed by atoms with Crippen LogP contribution in [0.5, 0.6) is 5.88 Å². The molecule has 1 N–H and O–H groups in total. The number of aromatic nitrogens is 4. The smallest absolute Gasteiger partial charge is 0.233 e. The van der Waals surface area contributed by atoms with Crippen LogP contribution >= 0.6 is 0 Å². The molecule has 0 aliphatic heterocycles. The lowest BCUT2D eigenvalue weighted by Gasteiger charge is -2.08. The van der Waals surface area contributed by atoms with Crippen molar-refractivity contribution >= 4 is 0 Å². The van der Waals surface area contributed by atoms with E-state index >= 15 is 0 Å². The van der Waals surface area contributed by atoms with E-state index in [1.54, 1.807) is 25.3 Å². The Labute approximate surface area is 105 Å². The maximum Gasteiger partial charge on any atom is 0.233 e. The van der Waals surface area contributed by atoms with E-state index in [4.69, 9.17) is 4.74 Å². The number of aryl methyl sites for hydroxylation is 1. The third-order valence-electron chi connectivity index (χ3n) is 2.55. The summed E-state index contributed by atoms with van der Waals surface area (Å²) in [6.45, 7) is 3.50. The number of nitrogens with zero attached hydrogens (tertiary/aromatic N) is 4. The highest BCUT2D eigenvalue weighted by Gasteiger charge is 2.10. The molecule has 0 saturated carbocycles. The van der Waals surface area contributed by atoms with Gasteiger partial charge in [0.2, 0.25) is 5.88 Å². The van der Waals surface area contributed by atoms with Gasteiger partial charge < -0.3 is 9.84 Å². The number of ether oxygens (including phenoxy) is 1. The molecule has 6 heteroatoms. The van der Waals surface area contributed by atoms with Crippen LogP contribution < -0.4 is 4.74 Å². The van der Waals surface area contributed by atoms with Gasteiger partial charge in [-0.05, 0) is 19.9 Å². The molecule has 0 aliphatic carbocycles. The third kappa shape index (κ3) is 2.43. The quantitative estimate of drug-likeness (QED) is 0.879. The molecule has 0 spiro atoms. The maximum atomic E-state index is 9.51. The van der Waals surface area contributed by atoms with E-state index in [0.717, 1.165) is 5.69 Å². The Bertz CT molecular complexity index is 540. The number of rotatable bonds is 3. The molecule has 2 aromatic heterocycles. The van der Waals surface area contributed by atoms with Gasteiger partial charge in [0.1, 0.15) is 5.69 Å². The van der Waals surface area contributed by atoms with Gasteiger partial charge in [-0.1, -0.05) is 0 Å². The lowest BCUT2D eigenvalue weighted by Crippen LogP contribution is -2.02. The average Bonchev–Trinajstić information content (AvgIpc) is 2.38. The number of hydrogen-bond acceptors (Lipinski definition) is 6. The third-order valence-corrected chi connectivity index (χ3v) is 2.55. The molecule has 0 aromatic carbocycles. The molecule has 2 heterocycles. The number of hydrogen-bond donors (Lipinski definition) is 1. The van der Waals surface area contributed by atoms with Crippen LogP contribution in [0.1, 0.15) is 24.3 Å². The zero-order valence-electron chi connectivity index (χ0n) is 10.5. The molecule has 6 nitrogen and oxygen atoms in total. The van der Waals surface area contributed by atoms with Gasteiger partial charge in [-0.3, -0.25) is 0 Å². The molecule has 0 fully saturated rings. The van der Waals surface area contributed by atoms with Gasteiger partial charge in [0, 0.05) is 23.5 Å². The molecule has 1 unspecified atom stereocenters. The summed E-state index contributed by atoms with van der Waals surface area (Å²) in [5.41, 5.74) is 2.00. The van der Waals surface area contributed by atoms with Crippen molar-refractivity contribution in [3.8, 4) is 17.4 Å². The summed E-state index contributed by atoms with van der Waals surface area (Å²) in [6, 6.07) is 3.44. The number of methoxy groups -OCH3 is 1. The van der Waals surface area contributed by atoms with Crippen molar-refractivity contribution in [3.63, 3.8) is 0 Å². The lowest BCUT2D eigenvalue weighted by atomic mass is 10.1. The summed E-state index contributed by atoms with van der Waals surface area (Å²) in [5, 5.41) is 17.3. The topological polar surface area (TPSA) is 81.0 Å². The normalized spacial score (nSPS) is 12.2. The molecule has 0 aliphatic rings. The van der Waals surface area contributed by atoms with Gasteiger partial charge >= 0.3 is 0 Å². The molecule has 0 radical (unpaired) electrons. The van der Waals surface area contributed by atoms with Crippen LogP contribution in [0.3, 0.4) is 0 Å². The standard InChI is InChI=1S/C12H14N4O2/c1-7-9(8(2)17)6-13-12(14-7)10-4-5-11(18-3)16-15-10/h4-6,8,17H,1-3H3. The molecule has 0 amide bonds. The minimum Gasteiger partial charge on any atom is -0.480 e. The Morgan fingerprint density at radius 1 is 1.28 bits per heavy atom. The van der Waals surface area contributed by atoms with E-state index in [0.29, 0.717) is 23.0 Å². The van der Waals surface area contributed by atoms with E-state index < -0.39 is 6.10 Å². The van der Waals surface area contributed by atoms with Gasteiger partial charge in [0.05, 0.1) is 13.2 Å². The molecule has 18 heavy (non-hydrogen) atoms. The van der Waals surface area contributed by atoms with Crippen LogP contribution in [-0.2, 0) is 0 Å². The van der Waals surface area contributed by atoms with Crippen LogP contribution in [0.4, 0.5) is 0 Å². The summed E-state index contributed by atoms with van der Waals surface area (Å²) in [7, 11) is 1.53. The van der Waals surface area contributed by atoms with E-state index in [1.165, 1.54) is 7.11 Å². The minimum absolute atomic E-state index is 0.441. The first-order valence-electron chi connectivity index (χ1n) is 5.51. The second-order valence-electron chi connectivity index (χ2n) is 3.87. The predicted molar refractivity (Wildman–Crippen MR) is 65.0 cm³/mol. The molecular weight excluding hydrogens is 232 g/mol. The fraction of sp³-hybridized carbons (Fsp3) is 0.333. The Balaban J connectivity index is 2.36. The van der Waals surface area contributed by atoms with Crippen LogP contribution in [0, 0.1) is 6.92 Å². The lowest BCUT2D eigenvalue weighted by molar-refractivity contribution is 0.197. The highest BCUT2D eigenvalue weighted by molar-refractivity contribution is 5.48. The van der Waals surface area contributed by atoms with E-state index in [2.05, 4.69) is 20.2 Å². The summed E-state index contributed by atoms with van der Waals surface area (Å²) in [4.78, 5) is 8.48. The zero-order chi connectivity index (χ0) is 13.1. The number of aliphatic hydroxyl groups is 1. The van der Waals surface area contributed by atoms with Crippen molar-refractivity contribution in [1.82, 2.24) is 20.2 Å². The Morgan fingerprint density at radius 3 is 2.56 bits per heavy atom. The van der Waals surface area contributed by atoms with E-state index in [-0.39, 0.29) is 0 Å². The van der Waals surface area contributed by atoms with E-state index in [1.807, 2.05) is 6.92 Å². The first kappa shape index (κ1) is 12.4. The second-order valence-corrected chi connectivity index (χ2v) is 3.87. The van der Waals surface area contributed by atoms with Gasteiger partial charge in [-0.15, -0.1) is 10.2 Å². The summed E-state index contributed by atoms with van der Waals surface area (Å²) in [5.74, 6) is 0.920. The Hall–Kier alpha value is -2.08. The predicted octanol–water partition coefficient (Wildman–Crippen LogP) is 1.30. The zero-order valence-corrected chi connectivity index (χ0v) is 10.5. The second kappa shape index (κ2) is 5.05. The first-order chi connectivity index (χ1) is 8.61. The Morgan fingerprint density at radius 2 is 2.06 bits per heavy atom. The monoisotopic (exact) mass is 246 g/mol. The molecule has 0 saturated heterocycles. The van der Waals surface area contributed by atoms with Crippen molar-refractivity contribution in [3.05, 3.63) is 29.6 Å². The van der Waals surface area contributed by atoms with Crippen molar-refractivity contribution in [2.24, 2.45) is 0 Å². The largest absolute Gasteiger partial charge is 0.480 e. The van der Waals surface area contributed by atoms with Crippen LogP contribution in [0.15, 0.2) is 18.3 Å². The molecule has 1 atom stereocenters. The van der Waals surface area contributed by atoms with Crippen molar-refractivity contribution < 1.29 is 9.84 Å². The van der Waals surface area contributed by atoms with E-state index in [9.17, 15) is 5.11 Å². The molecule has 0 bridgehead atoms. The van der Waals surface area contributed by atoms with Crippen molar-refractivity contribution in [2.75, 3.05) is 7.11 Å². The van der Waals surface area contributed by atoms with Crippen LogP contribution in [-0.4, -0.2) is 32.4 Å².